The standard InChI is InChI=1S/C19H22N4O5/c1-18(2)11-6-7-19(18,3)15(8-11)20-21-16(24)10-22-13-5-4-12(23(26)27)9-14(13)28-17(22)25/h4-5,9,11H,6-8,10H2,1-3H3,(H,21,24)/b20-15+/t11-,19-/m0/s1. The Kier molecular flexibility index (Phi) is 3.95. The van der Waals surface area contributed by atoms with Crippen molar-refractivity contribution in [2.75, 3.05) is 0 Å². The second-order valence-electron chi connectivity index (χ2n) is 8.45. The molecule has 0 aliphatic heterocycles. The van der Waals surface area contributed by atoms with Gasteiger partial charge in [-0.05, 0) is 36.7 Å². The van der Waals surface area contributed by atoms with Crippen LogP contribution in [0.3, 0.4) is 0 Å². The highest BCUT2D eigenvalue weighted by Crippen LogP contribution is 2.63. The van der Waals surface area contributed by atoms with Crippen molar-refractivity contribution in [3.8, 4) is 0 Å². The molecule has 0 unspecified atom stereocenters. The number of rotatable bonds is 4. The molecule has 0 saturated heterocycles. The average molecular weight is 386 g/mol. The van der Waals surface area contributed by atoms with E-state index in [1.165, 1.54) is 24.6 Å². The molecule has 2 atom stereocenters. The second kappa shape index (κ2) is 6.02. The van der Waals surface area contributed by atoms with Crippen LogP contribution in [0, 0.1) is 26.9 Å². The van der Waals surface area contributed by atoms with Gasteiger partial charge in [0.1, 0.15) is 6.54 Å². The number of fused-ring (bicyclic) bond motifs is 3. The van der Waals surface area contributed by atoms with Crippen LogP contribution < -0.4 is 11.2 Å². The summed E-state index contributed by atoms with van der Waals surface area (Å²) < 4.78 is 6.18. The number of nitro benzene ring substituents is 1. The number of carbonyl (C=O) groups is 1. The van der Waals surface area contributed by atoms with Crippen LogP contribution in [0.2, 0.25) is 0 Å². The Morgan fingerprint density at radius 1 is 1.43 bits per heavy atom. The number of carbonyl (C=O) groups excluding carboxylic acids is 1. The predicted octanol–water partition coefficient (Wildman–Crippen LogP) is 2.82. The Balaban J connectivity index is 1.53. The van der Waals surface area contributed by atoms with Crippen molar-refractivity contribution in [1.82, 2.24) is 9.99 Å². The van der Waals surface area contributed by atoms with E-state index in [4.69, 9.17) is 4.42 Å². The number of nitro groups is 1. The number of nitrogens with one attached hydrogen (secondary N) is 1. The van der Waals surface area contributed by atoms with Gasteiger partial charge in [0.15, 0.2) is 5.58 Å². The smallest absolute Gasteiger partial charge is 0.407 e. The van der Waals surface area contributed by atoms with Gasteiger partial charge < -0.3 is 4.42 Å². The summed E-state index contributed by atoms with van der Waals surface area (Å²) in [6.07, 6.45) is 3.12. The van der Waals surface area contributed by atoms with Gasteiger partial charge in [0.05, 0.1) is 16.5 Å². The SMILES string of the molecule is CC1(C)[C@H]2CC[C@@]1(C)/C(=N/NC(=O)Cn1c(=O)oc3cc([N+](=O)[O-])ccc31)C2. The molecule has 148 valence electrons. The van der Waals surface area contributed by atoms with Crippen molar-refractivity contribution in [1.29, 1.82) is 0 Å². The molecule has 1 aromatic carbocycles. The molecular weight excluding hydrogens is 364 g/mol. The number of amides is 1. The van der Waals surface area contributed by atoms with Crippen LogP contribution in [0.15, 0.2) is 32.5 Å². The van der Waals surface area contributed by atoms with E-state index in [9.17, 15) is 19.7 Å². The maximum atomic E-state index is 12.4. The van der Waals surface area contributed by atoms with E-state index in [0.29, 0.717) is 11.4 Å². The first-order valence-corrected chi connectivity index (χ1v) is 9.27. The van der Waals surface area contributed by atoms with Gasteiger partial charge in [-0.1, -0.05) is 20.8 Å². The number of hydrogen-bond acceptors (Lipinski definition) is 6. The molecule has 1 N–H and O–H groups in total. The summed E-state index contributed by atoms with van der Waals surface area (Å²) in [5.74, 6) is -0.615. The van der Waals surface area contributed by atoms with Crippen LogP contribution >= 0.6 is 0 Å². The number of nitrogens with zero attached hydrogens (tertiary/aromatic N) is 3. The predicted molar refractivity (Wildman–Crippen MR) is 102 cm³/mol. The largest absolute Gasteiger partial charge is 0.420 e. The van der Waals surface area contributed by atoms with E-state index in [1.807, 2.05) is 0 Å². The summed E-state index contributed by atoms with van der Waals surface area (Å²) in [5, 5.41) is 15.2. The molecule has 0 radical (unpaired) electrons. The molecule has 9 heteroatoms. The van der Waals surface area contributed by atoms with E-state index in [1.54, 1.807) is 0 Å². The van der Waals surface area contributed by atoms with Crippen LogP contribution in [-0.2, 0) is 11.3 Å². The maximum Gasteiger partial charge on any atom is 0.420 e. The van der Waals surface area contributed by atoms with Crippen molar-refractivity contribution in [3.63, 3.8) is 0 Å². The molecule has 1 aromatic heterocycles. The lowest BCUT2D eigenvalue weighted by atomic mass is 9.70. The minimum Gasteiger partial charge on any atom is -0.407 e. The van der Waals surface area contributed by atoms with Gasteiger partial charge in [-0.15, -0.1) is 0 Å². The van der Waals surface area contributed by atoms with Gasteiger partial charge in [-0.25, -0.2) is 10.2 Å². The number of benzene rings is 1. The topological polar surface area (TPSA) is 120 Å². The number of aromatic nitrogens is 1. The van der Waals surface area contributed by atoms with Crippen molar-refractivity contribution in [2.24, 2.45) is 21.8 Å². The lowest BCUT2D eigenvalue weighted by Crippen LogP contribution is -2.35. The van der Waals surface area contributed by atoms with Crippen molar-refractivity contribution in [3.05, 3.63) is 38.9 Å². The molecule has 28 heavy (non-hydrogen) atoms. The van der Waals surface area contributed by atoms with Crippen molar-refractivity contribution < 1.29 is 14.1 Å². The third-order valence-corrected chi connectivity index (χ3v) is 6.99. The monoisotopic (exact) mass is 386 g/mol. The fourth-order valence-electron chi connectivity index (χ4n) is 4.72. The molecule has 2 aliphatic carbocycles. The first kappa shape index (κ1) is 18.4. The second-order valence-corrected chi connectivity index (χ2v) is 8.45. The normalized spacial score (nSPS) is 26.8. The van der Waals surface area contributed by atoms with Crippen LogP contribution in [-0.4, -0.2) is 21.1 Å². The fourth-order valence-corrected chi connectivity index (χ4v) is 4.72. The summed E-state index contributed by atoms with van der Waals surface area (Å²) in [6, 6.07) is 3.84. The Labute approximate surface area is 160 Å². The molecule has 0 spiro atoms. The maximum absolute atomic E-state index is 12.4. The number of hydrazone groups is 1. The van der Waals surface area contributed by atoms with Crippen molar-refractivity contribution in [2.45, 2.75) is 46.6 Å². The van der Waals surface area contributed by atoms with E-state index in [2.05, 4.69) is 31.3 Å². The molecule has 2 aliphatic rings. The summed E-state index contributed by atoms with van der Waals surface area (Å²) in [5.41, 5.74) is 3.92. The molecule has 2 saturated carbocycles. The van der Waals surface area contributed by atoms with Crippen LogP contribution in [0.25, 0.3) is 11.1 Å². The first-order valence-electron chi connectivity index (χ1n) is 9.27. The van der Waals surface area contributed by atoms with Gasteiger partial charge in [0.2, 0.25) is 0 Å². The lowest BCUT2D eigenvalue weighted by molar-refractivity contribution is -0.384. The summed E-state index contributed by atoms with van der Waals surface area (Å²) >= 11 is 0. The number of hydrogen-bond donors (Lipinski definition) is 1. The Morgan fingerprint density at radius 3 is 2.79 bits per heavy atom. The lowest BCUT2D eigenvalue weighted by Gasteiger charge is -2.34. The highest BCUT2D eigenvalue weighted by Gasteiger charge is 2.60. The molecule has 2 aromatic rings. The molecule has 2 bridgehead atoms. The molecule has 1 heterocycles. The first-order chi connectivity index (χ1) is 13.1. The minimum atomic E-state index is -0.744. The number of oxazole rings is 1. The van der Waals surface area contributed by atoms with E-state index < -0.39 is 16.6 Å². The van der Waals surface area contributed by atoms with Gasteiger partial charge in [-0.3, -0.25) is 19.5 Å². The third-order valence-electron chi connectivity index (χ3n) is 6.99. The van der Waals surface area contributed by atoms with Gasteiger partial charge in [0.25, 0.3) is 11.6 Å². The Bertz CT molecular complexity index is 1080. The zero-order valence-electron chi connectivity index (χ0n) is 16.0. The Hall–Kier alpha value is -2.97. The van der Waals surface area contributed by atoms with Gasteiger partial charge >= 0.3 is 5.76 Å². The Morgan fingerprint density at radius 2 is 2.18 bits per heavy atom. The third kappa shape index (κ3) is 2.56. The quantitative estimate of drug-likeness (QED) is 0.640. The molecule has 4 rings (SSSR count). The molecule has 9 nitrogen and oxygen atoms in total. The minimum absolute atomic E-state index is 0.0247. The van der Waals surface area contributed by atoms with Crippen LogP contribution in [0.5, 0.6) is 0 Å². The van der Waals surface area contributed by atoms with Crippen LogP contribution in [0.1, 0.15) is 40.0 Å². The highest BCUT2D eigenvalue weighted by atomic mass is 16.6. The summed E-state index contributed by atoms with van der Waals surface area (Å²) in [7, 11) is 0. The average Bonchev–Trinajstić information content (AvgIpc) is 3.13. The van der Waals surface area contributed by atoms with E-state index >= 15 is 0 Å². The van der Waals surface area contributed by atoms with Crippen LogP contribution in [0.4, 0.5) is 5.69 Å². The van der Waals surface area contributed by atoms with Gasteiger partial charge in [-0.2, -0.15) is 5.10 Å². The van der Waals surface area contributed by atoms with Crippen molar-refractivity contribution >= 4 is 28.4 Å². The number of non-ortho nitro benzene ring substituents is 1. The fraction of sp³-hybridized carbons (Fsp3) is 0.526. The molecular formula is C19H22N4O5. The van der Waals surface area contributed by atoms with E-state index in [0.717, 1.165) is 23.1 Å². The molecule has 1 amide bonds. The summed E-state index contributed by atoms with van der Waals surface area (Å²) in [6.45, 7) is 6.44. The highest BCUT2D eigenvalue weighted by molar-refractivity contribution is 5.95. The zero-order chi connectivity index (χ0) is 20.3. The molecule has 2 fully saturated rings. The van der Waals surface area contributed by atoms with E-state index in [-0.39, 0.29) is 28.6 Å². The van der Waals surface area contributed by atoms with Gasteiger partial charge in [0, 0.05) is 17.2 Å². The zero-order valence-corrected chi connectivity index (χ0v) is 16.0. The summed E-state index contributed by atoms with van der Waals surface area (Å²) in [4.78, 5) is 34.7.